The zero-order valence-electron chi connectivity index (χ0n) is 25.3. The predicted octanol–water partition coefficient (Wildman–Crippen LogP) is 10.0. The first-order valence-corrected chi connectivity index (χ1v) is 15.8. The first-order valence-electron chi connectivity index (χ1n) is 15.8. The maximum absolute atomic E-state index is 2.66. The Kier molecular flexibility index (Phi) is 6.08. The molecular formula is C41H38N2. The van der Waals surface area contributed by atoms with Gasteiger partial charge in [-0.15, -0.1) is 0 Å². The second kappa shape index (κ2) is 10.0. The van der Waals surface area contributed by atoms with Crippen LogP contribution in [0.3, 0.4) is 0 Å². The molecule has 3 aliphatic rings. The quantitative estimate of drug-likeness (QED) is 0.188. The maximum atomic E-state index is 2.66. The molecule has 8 rings (SSSR count). The molecule has 2 heterocycles. The lowest BCUT2D eigenvalue weighted by Gasteiger charge is -2.43. The fourth-order valence-corrected chi connectivity index (χ4v) is 7.82. The van der Waals surface area contributed by atoms with Crippen LogP contribution in [0.15, 0.2) is 114 Å². The molecule has 0 bridgehead atoms. The van der Waals surface area contributed by atoms with Gasteiger partial charge in [-0.05, 0) is 97.3 Å². The Labute approximate surface area is 255 Å². The summed E-state index contributed by atoms with van der Waals surface area (Å²) >= 11 is 0. The highest BCUT2D eigenvalue weighted by molar-refractivity contribution is 6.09. The third-order valence-corrected chi connectivity index (χ3v) is 9.97. The van der Waals surface area contributed by atoms with Crippen LogP contribution in [0.2, 0.25) is 0 Å². The molecule has 1 fully saturated rings. The third-order valence-electron chi connectivity index (χ3n) is 9.97. The molecule has 5 aromatic rings. The predicted molar refractivity (Wildman–Crippen MR) is 184 cm³/mol. The van der Waals surface area contributed by atoms with Gasteiger partial charge in [0.15, 0.2) is 0 Å². The van der Waals surface area contributed by atoms with Gasteiger partial charge in [-0.1, -0.05) is 96.6 Å². The van der Waals surface area contributed by atoms with E-state index in [-0.39, 0.29) is 5.54 Å². The second-order valence-corrected chi connectivity index (χ2v) is 12.5. The number of fused-ring (bicyclic) bond motifs is 4. The van der Waals surface area contributed by atoms with Gasteiger partial charge in [0.2, 0.25) is 0 Å². The van der Waals surface area contributed by atoms with Gasteiger partial charge < -0.3 is 9.47 Å². The van der Waals surface area contributed by atoms with E-state index in [1.165, 1.54) is 67.3 Å². The van der Waals surface area contributed by atoms with E-state index >= 15 is 0 Å². The van der Waals surface area contributed by atoms with Crippen LogP contribution in [0.25, 0.3) is 40.0 Å². The van der Waals surface area contributed by atoms with E-state index in [4.69, 9.17) is 0 Å². The number of aryl methyl sites for hydroxylation is 2. The highest BCUT2D eigenvalue weighted by atomic mass is 15.3. The Balaban J connectivity index is 0.999. The van der Waals surface area contributed by atoms with Crippen molar-refractivity contribution in [2.75, 3.05) is 11.4 Å². The zero-order chi connectivity index (χ0) is 29.1. The first-order chi connectivity index (χ1) is 21.1. The van der Waals surface area contributed by atoms with Crippen LogP contribution in [0.5, 0.6) is 0 Å². The van der Waals surface area contributed by atoms with E-state index in [9.17, 15) is 0 Å². The number of para-hydroxylation sites is 1. The largest absolute Gasteiger partial charge is 0.362 e. The van der Waals surface area contributed by atoms with Crippen molar-refractivity contribution in [1.29, 1.82) is 0 Å². The van der Waals surface area contributed by atoms with Crippen LogP contribution in [-0.4, -0.2) is 16.7 Å². The Morgan fingerprint density at radius 2 is 1.42 bits per heavy atom. The molecule has 0 N–H and O–H groups in total. The summed E-state index contributed by atoms with van der Waals surface area (Å²) in [4.78, 5) is 2.66. The molecule has 1 spiro atoms. The van der Waals surface area contributed by atoms with Crippen molar-refractivity contribution >= 4 is 45.7 Å². The van der Waals surface area contributed by atoms with Gasteiger partial charge in [0.05, 0.1) is 5.54 Å². The van der Waals surface area contributed by atoms with Crippen LogP contribution in [0, 0.1) is 12.8 Å². The summed E-state index contributed by atoms with van der Waals surface area (Å²) in [7, 11) is 0. The van der Waals surface area contributed by atoms with E-state index in [1.807, 2.05) is 0 Å². The number of hydrogen-bond donors (Lipinski definition) is 0. The van der Waals surface area contributed by atoms with Gasteiger partial charge in [0.1, 0.15) is 0 Å². The molecular weight excluding hydrogens is 520 g/mol. The molecule has 2 atom stereocenters. The van der Waals surface area contributed by atoms with Crippen molar-refractivity contribution in [3.8, 4) is 0 Å². The number of allylic oxidation sites excluding steroid dienone is 3. The molecule has 212 valence electrons. The monoisotopic (exact) mass is 558 g/mol. The molecule has 43 heavy (non-hydrogen) atoms. The number of aromatic nitrogens is 1. The molecule has 0 saturated heterocycles. The van der Waals surface area contributed by atoms with Gasteiger partial charge in [0.25, 0.3) is 0 Å². The number of rotatable bonds is 6. The molecule has 4 aromatic carbocycles. The standard InChI is InChI=1S/C41H38N2/c1-4-42-39-20-10-28(3)22-36(39)37-25-31(19-21-40(37)42)17-15-29-11-13-30(14-12-29)16-18-32-23-34-26-33-8-6-7-9-38(33)43(5-2)41(34)27-35(41)24-32/h6-25,35H,4-5,26-27H2,1-3H3/b17-15+,18-16+. The van der Waals surface area contributed by atoms with Crippen molar-refractivity contribution in [3.63, 3.8) is 0 Å². The fourth-order valence-electron chi connectivity index (χ4n) is 7.82. The van der Waals surface area contributed by atoms with Crippen molar-refractivity contribution in [2.45, 2.75) is 45.7 Å². The maximum Gasteiger partial charge on any atom is 0.0690 e. The number of anilines is 1. The normalized spacial score (nSPS) is 20.8. The van der Waals surface area contributed by atoms with Crippen molar-refractivity contribution in [3.05, 3.63) is 142 Å². The van der Waals surface area contributed by atoms with E-state index in [2.05, 4.69) is 152 Å². The summed E-state index contributed by atoms with van der Waals surface area (Å²) < 4.78 is 2.42. The van der Waals surface area contributed by atoms with Gasteiger partial charge in [-0.25, -0.2) is 0 Å². The number of benzene rings is 4. The summed E-state index contributed by atoms with van der Waals surface area (Å²) in [6, 6.07) is 31.5. The molecule has 2 heteroatoms. The fraction of sp³-hybridized carbons (Fsp3) is 0.220. The Hall–Kier alpha value is -4.56. The molecule has 0 radical (unpaired) electrons. The van der Waals surface area contributed by atoms with Crippen LogP contribution in [-0.2, 0) is 13.0 Å². The Morgan fingerprint density at radius 3 is 2.19 bits per heavy atom. The number of likely N-dealkylation sites (N-methyl/N-ethyl adjacent to an activating group) is 1. The van der Waals surface area contributed by atoms with Gasteiger partial charge in [0, 0.05) is 46.5 Å². The summed E-state index contributed by atoms with van der Waals surface area (Å²) in [5, 5.41) is 2.67. The molecule has 1 aromatic heterocycles. The van der Waals surface area contributed by atoms with E-state index in [1.54, 1.807) is 5.57 Å². The molecule has 2 unspecified atom stereocenters. The SMILES string of the molecule is CCN1c2ccccc2CC2=CC(/C=C/c3ccc(/C=C/c4ccc5c(c4)c4cc(C)ccc4n5CC)cc3)=CC3CC231. The minimum atomic E-state index is 0.227. The topological polar surface area (TPSA) is 8.17 Å². The van der Waals surface area contributed by atoms with Crippen LogP contribution >= 0.6 is 0 Å². The Morgan fingerprint density at radius 1 is 0.744 bits per heavy atom. The highest BCUT2D eigenvalue weighted by Gasteiger charge is 2.61. The summed E-state index contributed by atoms with van der Waals surface area (Å²) in [5.74, 6) is 0.620. The molecule has 1 saturated carbocycles. The van der Waals surface area contributed by atoms with Crippen molar-refractivity contribution in [1.82, 2.24) is 4.57 Å². The first kappa shape index (κ1) is 26.1. The third kappa shape index (κ3) is 4.23. The second-order valence-electron chi connectivity index (χ2n) is 12.5. The molecule has 2 nitrogen and oxygen atoms in total. The van der Waals surface area contributed by atoms with Gasteiger partial charge >= 0.3 is 0 Å². The average molecular weight is 559 g/mol. The zero-order valence-corrected chi connectivity index (χ0v) is 25.3. The van der Waals surface area contributed by atoms with E-state index in [0.717, 1.165) is 19.5 Å². The lowest BCUT2D eigenvalue weighted by Crippen LogP contribution is -2.45. The Bertz CT molecular complexity index is 2010. The number of nitrogens with zero attached hydrogens (tertiary/aromatic N) is 2. The molecule has 0 amide bonds. The molecule has 1 aliphatic heterocycles. The minimum absolute atomic E-state index is 0.227. The van der Waals surface area contributed by atoms with Gasteiger partial charge in [-0.2, -0.15) is 0 Å². The van der Waals surface area contributed by atoms with Crippen molar-refractivity contribution < 1.29 is 0 Å². The van der Waals surface area contributed by atoms with Gasteiger partial charge in [-0.3, -0.25) is 0 Å². The van der Waals surface area contributed by atoms with Crippen molar-refractivity contribution in [2.24, 2.45) is 5.92 Å². The minimum Gasteiger partial charge on any atom is -0.362 e. The number of hydrogen-bond acceptors (Lipinski definition) is 1. The van der Waals surface area contributed by atoms with Crippen LogP contribution in [0.4, 0.5) is 5.69 Å². The highest BCUT2D eigenvalue weighted by Crippen LogP contribution is 2.61. The van der Waals surface area contributed by atoms with E-state index < -0.39 is 0 Å². The summed E-state index contributed by atoms with van der Waals surface area (Å²) in [5.41, 5.74) is 13.7. The van der Waals surface area contributed by atoms with E-state index in [0.29, 0.717) is 5.92 Å². The van der Waals surface area contributed by atoms with Crippen LogP contribution in [0.1, 0.15) is 48.1 Å². The smallest absolute Gasteiger partial charge is 0.0690 e. The lowest BCUT2D eigenvalue weighted by atomic mass is 9.83. The van der Waals surface area contributed by atoms with Crippen LogP contribution < -0.4 is 4.90 Å². The lowest BCUT2D eigenvalue weighted by molar-refractivity contribution is 0.602. The summed E-state index contributed by atoms with van der Waals surface area (Å²) in [6.07, 6.45) is 16.3. The molecule has 2 aliphatic carbocycles. The summed E-state index contributed by atoms with van der Waals surface area (Å²) in [6.45, 7) is 8.73. The average Bonchev–Trinajstić information content (AvgIpc) is 3.68.